The van der Waals surface area contributed by atoms with Gasteiger partial charge in [0.2, 0.25) is 0 Å². The molecule has 1 amide bonds. The summed E-state index contributed by atoms with van der Waals surface area (Å²) in [5.41, 5.74) is 0.724. The smallest absolute Gasteiger partial charge is 0.253 e. The third kappa shape index (κ3) is 3.72. The van der Waals surface area contributed by atoms with Gasteiger partial charge in [-0.15, -0.1) is 6.42 Å². The molecule has 20 heavy (non-hydrogen) atoms. The molecule has 0 bridgehead atoms. The summed E-state index contributed by atoms with van der Waals surface area (Å²) in [6, 6.07) is 3.49. The molecule has 0 aliphatic heterocycles. The van der Waals surface area contributed by atoms with E-state index >= 15 is 0 Å². The molecule has 0 atom stereocenters. The van der Waals surface area contributed by atoms with Crippen molar-refractivity contribution >= 4 is 11.7 Å². The molecule has 1 aromatic rings. The summed E-state index contributed by atoms with van der Waals surface area (Å²) in [6.45, 7) is 1.25. The Morgan fingerprint density at radius 3 is 2.85 bits per heavy atom. The highest BCUT2D eigenvalue weighted by atomic mass is 16.3. The number of pyridine rings is 1. The maximum atomic E-state index is 11.6. The molecule has 1 aliphatic carbocycles. The zero-order valence-corrected chi connectivity index (χ0v) is 11.4. The highest BCUT2D eigenvalue weighted by molar-refractivity contribution is 5.94. The highest BCUT2D eigenvalue weighted by Crippen LogP contribution is 2.48. The van der Waals surface area contributed by atoms with E-state index < -0.39 is 0 Å². The molecular formula is C15H19N3O2. The number of aliphatic hydroxyl groups is 1. The van der Waals surface area contributed by atoms with E-state index in [-0.39, 0.29) is 24.5 Å². The summed E-state index contributed by atoms with van der Waals surface area (Å²) < 4.78 is 0. The third-order valence-electron chi connectivity index (χ3n) is 3.62. The first kappa shape index (κ1) is 14.4. The topological polar surface area (TPSA) is 74.2 Å². The van der Waals surface area contributed by atoms with Crippen molar-refractivity contribution in [3.63, 3.8) is 0 Å². The maximum Gasteiger partial charge on any atom is 0.253 e. The molecule has 0 aromatic carbocycles. The predicted molar refractivity (Wildman–Crippen MR) is 77.3 cm³/mol. The normalized spacial score (nSPS) is 15.2. The molecule has 1 fully saturated rings. The molecule has 2 rings (SSSR count). The second kappa shape index (κ2) is 6.40. The third-order valence-corrected chi connectivity index (χ3v) is 3.62. The fourth-order valence-electron chi connectivity index (χ4n) is 2.07. The first-order valence-electron chi connectivity index (χ1n) is 6.72. The van der Waals surface area contributed by atoms with Crippen molar-refractivity contribution < 1.29 is 9.90 Å². The summed E-state index contributed by atoms with van der Waals surface area (Å²) >= 11 is 0. The molecule has 5 heteroatoms. The van der Waals surface area contributed by atoms with Gasteiger partial charge in [0.15, 0.2) is 0 Å². The van der Waals surface area contributed by atoms with Crippen LogP contribution in [-0.4, -0.2) is 35.7 Å². The minimum absolute atomic E-state index is 0.211. The number of anilines is 1. The second-order valence-electron chi connectivity index (χ2n) is 5.15. The fraction of sp³-hybridized carbons (Fsp3) is 0.467. The first-order valence-corrected chi connectivity index (χ1v) is 6.72. The second-order valence-corrected chi connectivity index (χ2v) is 5.15. The standard InChI is InChI=1S/C15H19N3O2/c1-2-8-16-14(20)12-3-4-13(17-10-12)18-11-15(5-6-15)7-9-19/h1,3-4,10,19H,5-9,11H2,(H,16,20)(H,17,18). The van der Waals surface area contributed by atoms with Crippen molar-refractivity contribution in [2.45, 2.75) is 19.3 Å². The molecule has 1 aliphatic rings. The number of aliphatic hydroxyl groups excluding tert-OH is 1. The van der Waals surface area contributed by atoms with Gasteiger partial charge < -0.3 is 15.7 Å². The molecule has 0 spiro atoms. The number of carbonyl (C=O) groups excluding carboxylic acids is 1. The molecule has 106 valence electrons. The Labute approximate surface area is 118 Å². The van der Waals surface area contributed by atoms with Gasteiger partial charge in [-0.3, -0.25) is 4.79 Å². The summed E-state index contributed by atoms with van der Waals surface area (Å²) in [5.74, 6) is 2.87. The van der Waals surface area contributed by atoms with Gasteiger partial charge in [0.25, 0.3) is 5.91 Å². The van der Waals surface area contributed by atoms with Crippen LogP contribution in [0.15, 0.2) is 18.3 Å². The molecule has 1 aromatic heterocycles. The van der Waals surface area contributed by atoms with Crippen LogP contribution in [0.25, 0.3) is 0 Å². The minimum atomic E-state index is -0.221. The van der Waals surface area contributed by atoms with E-state index in [1.165, 1.54) is 6.20 Å². The largest absolute Gasteiger partial charge is 0.396 e. The molecule has 3 N–H and O–H groups in total. The van der Waals surface area contributed by atoms with E-state index in [9.17, 15) is 4.79 Å². The van der Waals surface area contributed by atoms with Gasteiger partial charge in [0, 0.05) is 19.3 Å². The summed E-state index contributed by atoms with van der Waals surface area (Å²) in [4.78, 5) is 15.8. The van der Waals surface area contributed by atoms with Crippen molar-refractivity contribution in [1.82, 2.24) is 10.3 Å². The van der Waals surface area contributed by atoms with Crippen LogP contribution in [-0.2, 0) is 0 Å². The number of hydrogen-bond acceptors (Lipinski definition) is 4. The van der Waals surface area contributed by atoms with Gasteiger partial charge in [-0.05, 0) is 36.8 Å². The van der Waals surface area contributed by atoms with E-state index in [0.717, 1.165) is 31.6 Å². The van der Waals surface area contributed by atoms with Gasteiger partial charge in [-0.25, -0.2) is 4.98 Å². The lowest BCUT2D eigenvalue weighted by atomic mass is 10.0. The van der Waals surface area contributed by atoms with Crippen molar-refractivity contribution in [2.24, 2.45) is 5.41 Å². The molecule has 0 saturated heterocycles. The summed E-state index contributed by atoms with van der Waals surface area (Å²) in [7, 11) is 0. The molecule has 0 radical (unpaired) electrons. The Balaban J connectivity index is 1.86. The zero-order chi connectivity index (χ0) is 14.4. The Kier molecular flexibility index (Phi) is 4.59. The van der Waals surface area contributed by atoms with Crippen LogP contribution in [0.1, 0.15) is 29.6 Å². The maximum absolute atomic E-state index is 11.6. The van der Waals surface area contributed by atoms with E-state index in [4.69, 9.17) is 11.5 Å². The van der Waals surface area contributed by atoms with Crippen molar-refractivity contribution in [1.29, 1.82) is 0 Å². The Bertz CT molecular complexity index is 501. The number of carbonyl (C=O) groups is 1. The van der Waals surface area contributed by atoms with Crippen molar-refractivity contribution in [3.05, 3.63) is 23.9 Å². The quantitative estimate of drug-likeness (QED) is 0.648. The van der Waals surface area contributed by atoms with Crippen LogP contribution in [0, 0.1) is 17.8 Å². The monoisotopic (exact) mass is 273 g/mol. The Hall–Kier alpha value is -2.06. The number of amides is 1. The minimum Gasteiger partial charge on any atom is -0.396 e. The van der Waals surface area contributed by atoms with Crippen LogP contribution >= 0.6 is 0 Å². The van der Waals surface area contributed by atoms with Gasteiger partial charge in [-0.1, -0.05) is 5.92 Å². The summed E-state index contributed by atoms with van der Waals surface area (Å²) in [5, 5.41) is 14.8. The number of nitrogens with one attached hydrogen (secondary N) is 2. The van der Waals surface area contributed by atoms with Crippen LogP contribution in [0.4, 0.5) is 5.82 Å². The lowest BCUT2D eigenvalue weighted by molar-refractivity contribution is 0.0958. The molecular weight excluding hydrogens is 254 g/mol. The average molecular weight is 273 g/mol. The molecule has 0 unspecified atom stereocenters. The molecule has 1 heterocycles. The predicted octanol–water partition coefficient (Wildman–Crippen LogP) is 1.02. The average Bonchev–Trinajstić information content (AvgIpc) is 3.24. The first-order chi connectivity index (χ1) is 9.69. The number of rotatable bonds is 7. The number of aromatic nitrogens is 1. The van der Waals surface area contributed by atoms with Crippen molar-refractivity contribution in [2.75, 3.05) is 25.0 Å². The lowest BCUT2D eigenvalue weighted by Gasteiger charge is -2.15. The number of terminal acetylenes is 1. The van der Waals surface area contributed by atoms with E-state index in [1.807, 2.05) is 0 Å². The van der Waals surface area contributed by atoms with Crippen LogP contribution < -0.4 is 10.6 Å². The van der Waals surface area contributed by atoms with Gasteiger partial charge in [0.1, 0.15) is 5.82 Å². The van der Waals surface area contributed by atoms with Crippen LogP contribution in [0.2, 0.25) is 0 Å². The summed E-state index contributed by atoms with van der Waals surface area (Å²) in [6.07, 6.45) is 9.73. The highest BCUT2D eigenvalue weighted by Gasteiger charge is 2.41. The molecule has 5 nitrogen and oxygen atoms in total. The zero-order valence-electron chi connectivity index (χ0n) is 11.4. The van der Waals surface area contributed by atoms with E-state index in [2.05, 4.69) is 21.5 Å². The number of hydrogen-bond donors (Lipinski definition) is 3. The Morgan fingerprint density at radius 2 is 2.30 bits per heavy atom. The van der Waals surface area contributed by atoms with Crippen LogP contribution in [0.3, 0.4) is 0 Å². The van der Waals surface area contributed by atoms with Gasteiger partial charge in [-0.2, -0.15) is 0 Å². The molecule has 1 saturated carbocycles. The van der Waals surface area contributed by atoms with Crippen LogP contribution in [0.5, 0.6) is 0 Å². The van der Waals surface area contributed by atoms with Gasteiger partial charge in [0.05, 0.1) is 12.1 Å². The van der Waals surface area contributed by atoms with E-state index in [0.29, 0.717) is 5.56 Å². The fourth-order valence-corrected chi connectivity index (χ4v) is 2.07. The Morgan fingerprint density at radius 1 is 1.50 bits per heavy atom. The van der Waals surface area contributed by atoms with Crippen molar-refractivity contribution in [3.8, 4) is 12.3 Å². The number of nitrogens with zero attached hydrogens (tertiary/aromatic N) is 1. The van der Waals surface area contributed by atoms with Gasteiger partial charge >= 0.3 is 0 Å². The SMILES string of the molecule is C#CCNC(=O)c1ccc(NCC2(CCO)CC2)nc1. The van der Waals surface area contributed by atoms with E-state index in [1.54, 1.807) is 12.1 Å². The lowest BCUT2D eigenvalue weighted by Crippen LogP contribution is -2.23.